The molecule has 100 valence electrons. The van der Waals surface area contributed by atoms with E-state index in [9.17, 15) is 0 Å². The molecule has 1 aromatic heterocycles. The highest BCUT2D eigenvalue weighted by Gasteiger charge is 2.09. The Bertz CT molecular complexity index is 662. The van der Waals surface area contributed by atoms with Crippen molar-refractivity contribution in [1.29, 1.82) is 0 Å². The molecular weight excluding hydrogens is 268 g/mol. The first-order chi connectivity index (χ1) is 9.63. The summed E-state index contributed by atoms with van der Waals surface area (Å²) in [7, 11) is 0. The monoisotopic (exact) mass is 282 g/mol. The van der Waals surface area contributed by atoms with Crippen LogP contribution in [0.4, 0.5) is 0 Å². The van der Waals surface area contributed by atoms with E-state index in [0.717, 1.165) is 27.7 Å². The number of hydrogen-bond donors (Lipinski definition) is 0. The highest BCUT2D eigenvalue weighted by atomic mass is 35.5. The Morgan fingerprint density at radius 2 is 1.55 bits per heavy atom. The van der Waals surface area contributed by atoms with Crippen molar-refractivity contribution in [3.05, 3.63) is 70.9 Å². The lowest BCUT2D eigenvalue weighted by Crippen LogP contribution is -1.99. The molecule has 0 bridgehead atoms. The maximum absolute atomic E-state index is 5.95. The molecule has 0 spiro atoms. The standard InChI is InChI=1S/C17H15ClN2/c1-12-3-5-14(6-4-12)17-11-13(2)19-20(17)16-9-7-15(18)8-10-16/h3-11H,1-2H3. The Balaban J connectivity index is 2.12. The Hall–Kier alpha value is -2.06. The second-order valence-electron chi connectivity index (χ2n) is 4.93. The molecule has 0 fully saturated rings. The fraction of sp³-hybridized carbons (Fsp3) is 0.118. The van der Waals surface area contributed by atoms with E-state index in [2.05, 4.69) is 42.4 Å². The van der Waals surface area contributed by atoms with Crippen LogP contribution in [0.25, 0.3) is 16.9 Å². The average Bonchev–Trinajstić information content (AvgIpc) is 2.82. The summed E-state index contributed by atoms with van der Waals surface area (Å²) in [6.45, 7) is 4.09. The van der Waals surface area contributed by atoms with E-state index in [1.165, 1.54) is 5.56 Å². The predicted octanol–water partition coefficient (Wildman–Crippen LogP) is 4.81. The fourth-order valence-electron chi connectivity index (χ4n) is 2.21. The quantitative estimate of drug-likeness (QED) is 0.659. The molecule has 2 nitrogen and oxygen atoms in total. The average molecular weight is 283 g/mol. The van der Waals surface area contributed by atoms with E-state index in [4.69, 9.17) is 11.6 Å². The van der Waals surface area contributed by atoms with Gasteiger partial charge in [-0.15, -0.1) is 0 Å². The van der Waals surface area contributed by atoms with Gasteiger partial charge in [-0.25, -0.2) is 4.68 Å². The zero-order valence-electron chi connectivity index (χ0n) is 11.5. The normalized spacial score (nSPS) is 10.8. The molecule has 0 saturated heterocycles. The first-order valence-corrected chi connectivity index (χ1v) is 6.91. The van der Waals surface area contributed by atoms with Crippen molar-refractivity contribution >= 4 is 11.6 Å². The van der Waals surface area contributed by atoms with Gasteiger partial charge in [0.2, 0.25) is 0 Å². The van der Waals surface area contributed by atoms with E-state index in [1.54, 1.807) is 0 Å². The zero-order valence-corrected chi connectivity index (χ0v) is 12.2. The summed E-state index contributed by atoms with van der Waals surface area (Å²) in [6.07, 6.45) is 0. The van der Waals surface area contributed by atoms with Gasteiger partial charge >= 0.3 is 0 Å². The maximum atomic E-state index is 5.95. The van der Waals surface area contributed by atoms with Gasteiger partial charge in [0.25, 0.3) is 0 Å². The Labute approximate surface area is 123 Å². The van der Waals surface area contributed by atoms with E-state index < -0.39 is 0 Å². The molecule has 0 aliphatic rings. The van der Waals surface area contributed by atoms with Gasteiger partial charge in [-0.05, 0) is 44.2 Å². The van der Waals surface area contributed by atoms with Gasteiger partial charge in [0, 0.05) is 10.6 Å². The third-order valence-electron chi connectivity index (χ3n) is 3.25. The lowest BCUT2D eigenvalue weighted by molar-refractivity contribution is 0.869. The van der Waals surface area contributed by atoms with Crippen LogP contribution in [0.3, 0.4) is 0 Å². The molecule has 0 N–H and O–H groups in total. The van der Waals surface area contributed by atoms with Crippen LogP contribution in [-0.2, 0) is 0 Å². The second-order valence-corrected chi connectivity index (χ2v) is 5.36. The SMILES string of the molecule is Cc1ccc(-c2cc(C)nn2-c2ccc(Cl)cc2)cc1. The molecular formula is C17H15ClN2. The lowest BCUT2D eigenvalue weighted by atomic mass is 10.1. The first kappa shape index (κ1) is 12.9. The minimum absolute atomic E-state index is 0.731. The van der Waals surface area contributed by atoms with E-state index in [1.807, 2.05) is 35.9 Å². The molecule has 2 aromatic carbocycles. The van der Waals surface area contributed by atoms with Crippen molar-refractivity contribution in [3.8, 4) is 16.9 Å². The van der Waals surface area contributed by atoms with Gasteiger partial charge in [0.15, 0.2) is 0 Å². The highest BCUT2D eigenvalue weighted by Crippen LogP contribution is 2.25. The van der Waals surface area contributed by atoms with Crippen molar-refractivity contribution in [2.75, 3.05) is 0 Å². The highest BCUT2D eigenvalue weighted by molar-refractivity contribution is 6.30. The number of aromatic nitrogens is 2. The first-order valence-electron chi connectivity index (χ1n) is 6.53. The van der Waals surface area contributed by atoms with Gasteiger partial charge in [-0.1, -0.05) is 41.4 Å². The van der Waals surface area contributed by atoms with Crippen LogP contribution in [0, 0.1) is 13.8 Å². The topological polar surface area (TPSA) is 17.8 Å². The number of halogens is 1. The molecule has 0 saturated carbocycles. The number of benzene rings is 2. The fourth-order valence-corrected chi connectivity index (χ4v) is 2.33. The summed E-state index contributed by atoms with van der Waals surface area (Å²) in [6, 6.07) is 18.3. The summed E-state index contributed by atoms with van der Waals surface area (Å²) >= 11 is 5.95. The third-order valence-corrected chi connectivity index (χ3v) is 3.50. The van der Waals surface area contributed by atoms with Crippen LogP contribution in [0.15, 0.2) is 54.6 Å². The van der Waals surface area contributed by atoms with Crippen molar-refractivity contribution in [1.82, 2.24) is 9.78 Å². The molecule has 3 rings (SSSR count). The summed E-state index contributed by atoms with van der Waals surface area (Å²) in [5.41, 5.74) is 5.51. The molecule has 0 aliphatic carbocycles. The van der Waals surface area contributed by atoms with Crippen molar-refractivity contribution in [2.45, 2.75) is 13.8 Å². The largest absolute Gasteiger partial charge is 0.233 e. The third kappa shape index (κ3) is 2.47. The van der Waals surface area contributed by atoms with Gasteiger partial charge in [-0.3, -0.25) is 0 Å². The molecule has 0 aliphatic heterocycles. The number of nitrogens with zero attached hydrogens (tertiary/aromatic N) is 2. The van der Waals surface area contributed by atoms with Gasteiger partial charge in [-0.2, -0.15) is 5.10 Å². The molecule has 0 radical (unpaired) electrons. The van der Waals surface area contributed by atoms with Crippen LogP contribution in [0.2, 0.25) is 5.02 Å². The van der Waals surface area contributed by atoms with E-state index >= 15 is 0 Å². The van der Waals surface area contributed by atoms with Crippen molar-refractivity contribution in [3.63, 3.8) is 0 Å². The number of aryl methyl sites for hydroxylation is 2. The predicted molar refractivity (Wildman–Crippen MR) is 83.5 cm³/mol. The van der Waals surface area contributed by atoms with Gasteiger partial charge in [0.1, 0.15) is 0 Å². The van der Waals surface area contributed by atoms with E-state index in [0.29, 0.717) is 0 Å². The number of hydrogen-bond acceptors (Lipinski definition) is 1. The zero-order chi connectivity index (χ0) is 14.1. The van der Waals surface area contributed by atoms with Crippen LogP contribution in [0.5, 0.6) is 0 Å². The summed E-state index contributed by atoms with van der Waals surface area (Å²) < 4.78 is 1.95. The summed E-state index contributed by atoms with van der Waals surface area (Å²) in [5.74, 6) is 0. The minimum Gasteiger partial charge on any atom is -0.233 e. The Kier molecular flexibility index (Phi) is 3.33. The van der Waals surface area contributed by atoms with Crippen LogP contribution < -0.4 is 0 Å². The van der Waals surface area contributed by atoms with E-state index in [-0.39, 0.29) is 0 Å². The molecule has 0 unspecified atom stereocenters. The van der Waals surface area contributed by atoms with Crippen LogP contribution >= 0.6 is 11.6 Å². The molecule has 20 heavy (non-hydrogen) atoms. The van der Waals surface area contributed by atoms with Crippen molar-refractivity contribution in [2.24, 2.45) is 0 Å². The van der Waals surface area contributed by atoms with Gasteiger partial charge < -0.3 is 0 Å². The van der Waals surface area contributed by atoms with Crippen LogP contribution in [-0.4, -0.2) is 9.78 Å². The second kappa shape index (κ2) is 5.14. The van der Waals surface area contributed by atoms with Crippen molar-refractivity contribution < 1.29 is 0 Å². The Morgan fingerprint density at radius 3 is 2.20 bits per heavy atom. The number of rotatable bonds is 2. The van der Waals surface area contributed by atoms with Gasteiger partial charge in [0.05, 0.1) is 17.1 Å². The molecule has 1 heterocycles. The Morgan fingerprint density at radius 1 is 0.900 bits per heavy atom. The van der Waals surface area contributed by atoms with Crippen LogP contribution in [0.1, 0.15) is 11.3 Å². The minimum atomic E-state index is 0.731. The summed E-state index contributed by atoms with van der Waals surface area (Å²) in [5, 5.41) is 5.31. The smallest absolute Gasteiger partial charge is 0.0743 e. The lowest BCUT2D eigenvalue weighted by Gasteiger charge is -2.08. The molecule has 3 aromatic rings. The molecule has 3 heteroatoms. The molecule has 0 amide bonds. The molecule has 0 atom stereocenters. The maximum Gasteiger partial charge on any atom is 0.0743 e. The summed E-state index contributed by atoms with van der Waals surface area (Å²) in [4.78, 5) is 0.